The number of hydrogen-bond donors (Lipinski definition) is 0. The third kappa shape index (κ3) is 13.3. The molecule has 0 radical (unpaired) electrons. The fourth-order valence-corrected chi connectivity index (χ4v) is 3.00. The van der Waals surface area contributed by atoms with Gasteiger partial charge >= 0.3 is 6.09 Å². The summed E-state index contributed by atoms with van der Waals surface area (Å²) in [5.41, 5.74) is -0.361. The fourth-order valence-electron chi connectivity index (χ4n) is 2.10. The van der Waals surface area contributed by atoms with Gasteiger partial charge in [0.2, 0.25) is 0 Å². The number of likely N-dealkylation sites (tertiary alicyclic amines) is 1. The SMILES string of the molecule is CC(C)(C)OC(=O)N1CCCC1.CCCCCCSCCC. The van der Waals surface area contributed by atoms with E-state index in [1.165, 1.54) is 43.6 Å². The van der Waals surface area contributed by atoms with Crippen LogP contribution in [0.1, 0.15) is 79.6 Å². The summed E-state index contributed by atoms with van der Waals surface area (Å²) in [5.74, 6) is 2.74. The lowest BCUT2D eigenvalue weighted by atomic mass is 10.2. The Labute approximate surface area is 142 Å². The Morgan fingerprint density at radius 3 is 2.14 bits per heavy atom. The van der Waals surface area contributed by atoms with Crippen LogP contribution < -0.4 is 0 Å². The van der Waals surface area contributed by atoms with Gasteiger partial charge in [-0.1, -0.05) is 33.1 Å². The Bertz CT molecular complexity index is 263. The van der Waals surface area contributed by atoms with Gasteiger partial charge < -0.3 is 9.64 Å². The van der Waals surface area contributed by atoms with E-state index in [-0.39, 0.29) is 11.7 Å². The second-order valence-electron chi connectivity index (χ2n) is 6.85. The quantitative estimate of drug-likeness (QED) is 0.558. The molecule has 3 nitrogen and oxygen atoms in total. The lowest BCUT2D eigenvalue weighted by Gasteiger charge is -2.23. The van der Waals surface area contributed by atoms with Crippen LogP contribution in [0.15, 0.2) is 0 Å². The summed E-state index contributed by atoms with van der Waals surface area (Å²) in [5, 5.41) is 0. The van der Waals surface area contributed by atoms with Crippen molar-refractivity contribution >= 4 is 17.9 Å². The zero-order valence-corrected chi connectivity index (χ0v) is 16.3. The highest BCUT2D eigenvalue weighted by Gasteiger charge is 2.23. The average Bonchev–Trinajstić information content (AvgIpc) is 2.96. The maximum absolute atomic E-state index is 11.4. The zero-order valence-electron chi connectivity index (χ0n) is 15.5. The van der Waals surface area contributed by atoms with Crippen LogP contribution in [0.2, 0.25) is 0 Å². The molecule has 22 heavy (non-hydrogen) atoms. The Hall–Kier alpha value is -0.380. The van der Waals surface area contributed by atoms with Gasteiger partial charge in [0.15, 0.2) is 0 Å². The number of amides is 1. The largest absolute Gasteiger partial charge is 0.444 e. The maximum Gasteiger partial charge on any atom is 0.410 e. The number of ether oxygens (including phenoxy) is 1. The second kappa shape index (κ2) is 13.1. The summed E-state index contributed by atoms with van der Waals surface area (Å²) in [4.78, 5) is 13.1. The van der Waals surface area contributed by atoms with Gasteiger partial charge in [0.05, 0.1) is 0 Å². The van der Waals surface area contributed by atoms with E-state index >= 15 is 0 Å². The molecule has 0 unspecified atom stereocenters. The van der Waals surface area contributed by atoms with E-state index in [1.807, 2.05) is 20.8 Å². The van der Waals surface area contributed by atoms with Crippen LogP contribution in [0.3, 0.4) is 0 Å². The predicted molar refractivity (Wildman–Crippen MR) is 98.8 cm³/mol. The van der Waals surface area contributed by atoms with Gasteiger partial charge in [-0.25, -0.2) is 4.79 Å². The van der Waals surface area contributed by atoms with E-state index in [2.05, 4.69) is 25.6 Å². The molecule has 1 aliphatic heterocycles. The van der Waals surface area contributed by atoms with Crippen molar-refractivity contribution in [2.75, 3.05) is 24.6 Å². The number of carbonyl (C=O) groups excluding carboxylic acids is 1. The Morgan fingerprint density at radius 1 is 1.00 bits per heavy atom. The standard InChI is InChI=1S/C9H17NO2.C9H20S/c1-9(2,3)12-8(11)10-6-4-5-7-10;1-3-5-6-7-9-10-8-4-2/h4-7H2,1-3H3;3-9H2,1-2H3. The fraction of sp³-hybridized carbons (Fsp3) is 0.944. The zero-order chi connectivity index (χ0) is 16.8. The van der Waals surface area contributed by atoms with E-state index in [0.717, 1.165) is 25.9 Å². The van der Waals surface area contributed by atoms with Crippen LogP contribution in [-0.2, 0) is 4.74 Å². The first-order valence-electron chi connectivity index (χ1n) is 8.96. The number of hydrogen-bond acceptors (Lipinski definition) is 3. The van der Waals surface area contributed by atoms with Crippen molar-refractivity contribution in [3.8, 4) is 0 Å². The molecule has 0 aliphatic carbocycles. The van der Waals surface area contributed by atoms with Gasteiger partial charge in [0.1, 0.15) is 5.60 Å². The van der Waals surface area contributed by atoms with Gasteiger partial charge in [0.25, 0.3) is 0 Å². The highest BCUT2D eigenvalue weighted by atomic mass is 32.2. The summed E-state index contributed by atoms with van der Waals surface area (Å²) >= 11 is 2.10. The summed E-state index contributed by atoms with van der Waals surface area (Å²) in [6.07, 6.45) is 9.04. The minimum atomic E-state index is -0.361. The molecule has 0 N–H and O–H groups in total. The van der Waals surface area contributed by atoms with Crippen molar-refractivity contribution in [1.82, 2.24) is 4.90 Å². The number of rotatable bonds is 7. The maximum atomic E-state index is 11.4. The van der Waals surface area contributed by atoms with E-state index in [0.29, 0.717) is 0 Å². The van der Waals surface area contributed by atoms with Gasteiger partial charge in [-0.05, 0) is 58.0 Å². The smallest absolute Gasteiger partial charge is 0.410 e. The summed E-state index contributed by atoms with van der Waals surface area (Å²) < 4.78 is 5.21. The monoisotopic (exact) mass is 331 g/mol. The number of unbranched alkanes of at least 4 members (excludes halogenated alkanes) is 3. The van der Waals surface area contributed by atoms with Crippen LogP contribution in [0.4, 0.5) is 4.79 Å². The molecule has 1 amide bonds. The molecule has 0 aromatic carbocycles. The molecule has 132 valence electrons. The first kappa shape index (κ1) is 21.6. The summed E-state index contributed by atoms with van der Waals surface area (Å²) in [6.45, 7) is 11.9. The topological polar surface area (TPSA) is 29.5 Å². The molecule has 1 saturated heterocycles. The van der Waals surface area contributed by atoms with Gasteiger partial charge in [0, 0.05) is 13.1 Å². The molecule has 0 atom stereocenters. The Morgan fingerprint density at radius 2 is 1.64 bits per heavy atom. The van der Waals surface area contributed by atoms with Crippen LogP contribution in [0.25, 0.3) is 0 Å². The van der Waals surface area contributed by atoms with Crippen molar-refractivity contribution in [3.63, 3.8) is 0 Å². The first-order chi connectivity index (χ1) is 10.4. The third-order valence-electron chi connectivity index (χ3n) is 3.25. The van der Waals surface area contributed by atoms with Gasteiger partial charge in [-0.15, -0.1) is 0 Å². The van der Waals surface area contributed by atoms with Gasteiger partial charge in [-0.3, -0.25) is 0 Å². The molecule has 1 rings (SSSR count). The van der Waals surface area contributed by atoms with Crippen LogP contribution in [0, 0.1) is 0 Å². The highest BCUT2D eigenvalue weighted by molar-refractivity contribution is 7.99. The Kier molecular flexibility index (Phi) is 12.9. The molecule has 0 spiro atoms. The third-order valence-corrected chi connectivity index (χ3v) is 4.52. The average molecular weight is 332 g/mol. The molecule has 0 saturated carbocycles. The molecule has 0 bridgehead atoms. The lowest BCUT2D eigenvalue weighted by Crippen LogP contribution is -2.34. The number of carbonyl (C=O) groups is 1. The molecule has 1 heterocycles. The van der Waals surface area contributed by atoms with Crippen molar-refractivity contribution in [2.24, 2.45) is 0 Å². The summed E-state index contributed by atoms with van der Waals surface area (Å²) in [7, 11) is 0. The predicted octanol–water partition coefficient (Wildman–Crippen LogP) is 5.73. The molecular formula is C18H37NO2S. The second-order valence-corrected chi connectivity index (χ2v) is 8.07. The lowest BCUT2D eigenvalue weighted by molar-refractivity contribution is 0.0295. The molecule has 4 heteroatoms. The van der Waals surface area contributed by atoms with Crippen LogP contribution in [0.5, 0.6) is 0 Å². The van der Waals surface area contributed by atoms with E-state index in [9.17, 15) is 4.79 Å². The Balaban J connectivity index is 0.000000409. The van der Waals surface area contributed by atoms with E-state index < -0.39 is 0 Å². The van der Waals surface area contributed by atoms with E-state index in [1.54, 1.807) is 4.90 Å². The van der Waals surface area contributed by atoms with Crippen molar-refractivity contribution in [1.29, 1.82) is 0 Å². The highest BCUT2D eigenvalue weighted by Crippen LogP contribution is 2.14. The summed E-state index contributed by atoms with van der Waals surface area (Å²) in [6, 6.07) is 0. The number of thioether (sulfide) groups is 1. The first-order valence-corrected chi connectivity index (χ1v) is 10.1. The molecule has 1 aliphatic rings. The molecule has 1 fully saturated rings. The number of nitrogens with zero attached hydrogens (tertiary/aromatic N) is 1. The van der Waals surface area contributed by atoms with Crippen LogP contribution in [-0.4, -0.2) is 41.2 Å². The van der Waals surface area contributed by atoms with E-state index in [4.69, 9.17) is 4.74 Å². The van der Waals surface area contributed by atoms with Gasteiger partial charge in [-0.2, -0.15) is 11.8 Å². The van der Waals surface area contributed by atoms with Crippen molar-refractivity contribution in [3.05, 3.63) is 0 Å². The normalized spacial score (nSPS) is 14.5. The van der Waals surface area contributed by atoms with Crippen LogP contribution >= 0.6 is 11.8 Å². The molecule has 0 aromatic rings. The molecular weight excluding hydrogens is 294 g/mol. The minimum Gasteiger partial charge on any atom is -0.444 e. The minimum absolute atomic E-state index is 0.167. The van der Waals surface area contributed by atoms with Crippen molar-refractivity contribution < 1.29 is 9.53 Å². The van der Waals surface area contributed by atoms with Crippen molar-refractivity contribution in [2.45, 2.75) is 85.2 Å². The molecule has 0 aromatic heterocycles.